The number of nitrogens with one attached hydrogen (secondary N) is 2. The first kappa shape index (κ1) is 23.1. The van der Waals surface area contributed by atoms with Crippen molar-refractivity contribution in [2.24, 2.45) is 0 Å². The lowest BCUT2D eigenvalue weighted by molar-refractivity contribution is -0.157. The highest BCUT2D eigenvalue weighted by molar-refractivity contribution is 7.89. The number of esters is 1. The molecule has 0 unspecified atom stereocenters. The molecule has 0 radical (unpaired) electrons. The van der Waals surface area contributed by atoms with Crippen molar-refractivity contribution in [2.45, 2.75) is 49.3 Å². The smallest absolute Gasteiger partial charge is 0.325 e. The number of carbonyl (C=O) groups is 2. The molecule has 0 aromatic heterocycles. The van der Waals surface area contributed by atoms with Gasteiger partial charge in [0.25, 0.3) is 5.91 Å². The van der Waals surface area contributed by atoms with Crippen molar-refractivity contribution in [2.75, 3.05) is 13.2 Å². The van der Waals surface area contributed by atoms with Crippen LogP contribution in [-0.4, -0.2) is 45.6 Å². The third kappa shape index (κ3) is 5.82. The summed E-state index contributed by atoms with van der Waals surface area (Å²) >= 11 is 0. The molecular formula is C23H26N2O7S. The van der Waals surface area contributed by atoms with Crippen molar-refractivity contribution in [3.05, 3.63) is 54.1 Å². The van der Waals surface area contributed by atoms with E-state index in [1.165, 1.54) is 25.1 Å². The van der Waals surface area contributed by atoms with Crippen molar-refractivity contribution >= 4 is 21.9 Å². The van der Waals surface area contributed by atoms with Crippen LogP contribution in [0, 0.1) is 0 Å². The number of benzene rings is 2. The number of sulfonamides is 1. The summed E-state index contributed by atoms with van der Waals surface area (Å²) in [4.78, 5) is 25.3. The molecule has 1 amide bonds. The molecule has 2 atom stereocenters. The highest BCUT2D eigenvalue weighted by atomic mass is 32.2. The maximum absolute atomic E-state index is 12.9. The number of amides is 1. The van der Waals surface area contributed by atoms with E-state index in [2.05, 4.69) is 10.0 Å². The summed E-state index contributed by atoms with van der Waals surface area (Å²) in [5.41, 5.74) is 0.502. The standard InChI is InChI=1S/C23H26N2O7S/c1-15(25-33(28,29)18-10-11-19-20(14-18)31-13-5-12-30-19)23(27)32-21(16-6-3-2-4-7-16)22(26)24-17-8-9-17/h2-4,6-7,10-11,14-15,17,21,25H,5,8-9,12-13H2,1H3,(H,24,26)/t15-,21+/m1/s1. The molecule has 1 heterocycles. The third-order valence-corrected chi connectivity index (χ3v) is 6.75. The number of hydrogen-bond donors (Lipinski definition) is 2. The first-order valence-electron chi connectivity index (χ1n) is 10.8. The second-order valence-electron chi connectivity index (χ2n) is 8.01. The molecule has 4 rings (SSSR count). The minimum absolute atomic E-state index is 0.0718. The zero-order valence-electron chi connectivity index (χ0n) is 18.2. The highest BCUT2D eigenvalue weighted by Gasteiger charge is 2.33. The molecule has 0 bridgehead atoms. The fourth-order valence-corrected chi connectivity index (χ4v) is 4.49. The van der Waals surface area contributed by atoms with Crippen LogP contribution < -0.4 is 19.5 Å². The lowest BCUT2D eigenvalue weighted by Crippen LogP contribution is -2.42. The van der Waals surface area contributed by atoms with Crippen LogP contribution in [0.4, 0.5) is 0 Å². The topological polar surface area (TPSA) is 120 Å². The molecule has 1 aliphatic carbocycles. The summed E-state index contributed by atoms with van der Waals surface area (Å²) in [5, 5.41) is 2.82. The van der Waals surface area contributed by atoms with Gasteiger partial charge < -0.3 is 19.5 Å². The van der Waals surface area contributed by atoms with Crippen LogP contribution in [0.25, 0.3) is 0 Å². The molecule has 9 nitrogen and oxygen atoms in total. The summed E-state index contributed by atoms with van der Waals surface area (Å²) in [6.07, 6.45) is 1.28. The van der Waals surface area contributed by atoms with E-state index in [0.29, 0.717) is 36.7 Å². The number of ether oxygens (including phenoxy) is 3. The Bertz CT molecular complexity index is 1120. The van der Waals surface area contributed by atoms with Crippen molar-refractivity contribution in [1.29, 1.82) is 0 Å². The SMILES string of the molecule is C[C@@H](NS(=O)(=O)c1ccc2c(c1)OCCCO2)C(=O)O[C@H](C(=O)NC1CC1)c1ccccc1. The summed E-state index contributed by atoms with van der Waals surface area (Å²) in [5.74, 6) is -0.513. The summed E-state index contributed by atoms with van der Waals surface area (Å²) in [6.45, 7) is 2.26. The molecule has 176 valence electrons. The van der Waals surface area contributed by atoms with E-state index in [4.69, 9.17) is 14.2 Å². The average Bonchev–Trinajstić information content (AvgIpc) is 3.63. The molecule has 33 heavy (non-hydrogen) atoms. The summed E-state index contributed by atoms with van der Waals surface area (Å²) < 4.78 is 44.6. The lowest BCUT2D eigenvalue weighted by Gasteiger charge is -2.21. The largest absolute Gasteiger partial charge is 0.490 e. The van der Waals surface area contributed by atoms with Gasteiger partial charge in [-0.3, -0.25) is 9.59 Å². The van der Waals surface area contributed by atoms with Gasteiger partial charge in [-0.15, -0.1) is 0 Å². The van der Waals surface area contributed by atoms with E-state index >= 15 is 0 Å². The molecule has 2 aromatic carbocycles. The van der Waals surface area contributed by atoms with E-state index in [1.54, 1.807) is 30.3 Å². The normalized spacial score (nSPS) is 17.4. The fourth-order valence-electron chi connectivity index (χ4n) is 3.28. The molecule has 1 aliphatic heterocycles. The van der Waals surface area contributed by atoms with E-state index in [1.807, 2.05) is 0 Å². The van der Waals surface area contributed by atoms with Gasteiger partial charge in [-0.25, -0.2) is 8.42 Å². The van der Waals surface area contributed by atoms with Gasteiger partial charge in [0.15, 0.2) is 11.5 Å². The second kappa shape index (κ2) is 9.80. The minimum atomic E-state index is -4.07. The molecular weight excluding hydrogens is 448 g/mol. The molecule has 1 saturated carbocycles. The monoisotopic (exact) mass is 474 g/mol. The van der Waals surface area contributed by atoms with Gasteiger partial charge in [0.05, 0.1) is 18.1 Å². The number of rotatable bonds is 8. The van der Waals surface area contributed by atoms with Crippen LogP contribution in [0.3, 0.4) is 0 Å². The van der Waals surface area contributed by atoms with E-state index < -0.39 is 34.0 Å². The Kier molecular flexibility index (Phi) is 6.85. The minimum Gasteiger partial charge on any atom is -0.490 e. The quantitative estimate of drug-likeness (QED) is 0.562. The zero-order chi connectivity index (χ0) is 23.4. The molecule has 2 N–H and O–H groups in total. The lowest BCUT2D eigenvalue weighted by atomic mass is 10.1. The molecule has 1 fully saturated rings. The van der Waals surface area contributed by atoms with E-state index in [-0.39, 0.29) is 10.9 Å². The van der Waals surface area contributed by atoms with E-state index in [9.17, 15) is 18.0 Å². The number of fused-ring (bicyclic) bond motifs is 1. The van der Waals surface area contributed by atoms with Crippen molar-refractivity contribution in [3.63, 3.8) is 0 Å². The van der Waals surface area contributed by atoms with E-state index in [0.717, 1.165) is 12.8 Å². The van der Waals surface area contributed by atoms with Gasteiger partial charge in [0.1, 0.15) is 6.04 Å². The Morgan fingerprint density at radius 2 is 1.73 bits per heavy atom. The maximum Gasteiger partial charge on any atom is 0.325 e. The second-order valence-corrected chi connectivity index (χ2v) is 9.73. The Hall–Kier alpha value is -3.11. The summed E-state index contributed by atoms with van der Waals surface area (Å²) in [7, 11) is -4.07. The molecule has 0 spiro atoms. The fraction of sp³-hybridized carbons (Fsp3) is 0.391. The highest BCUT2D eigenvalue weighted by Crippen LogP contribution is 2.32. The van der Waals surface area contributed by atoms with Gasteiger partial charge in [0, 0.05) is 24.1 Å². The van der Waals surface area contributed by atoms with Gasteiger partial charge in [-0.1, -0.05) is 30.3 Å². The number of hydrogen-bond acceptors (Lipinski definition) is 7. The zero-order valence-corrected chi connectivity index (χ0v) is 19.0. The van der Waals surface area contributed by atoms with Crippen LogP contribution in [0.15, 0.2) is 53.4 Å². The van der Waals surface area contributed by atoms with Crippen molar-refractivity contribution in [1.82, 2.24) is 10.0 Å². The van der Waals surface area contributed by atoms with Crippen molar-refractivity contribution in [3.8, 4) is 11.5 Å². The van der Waals surface area contributed by atoms with Crippen LogP contribution >= 0.6 is 0 Å². The molecule has 10 heteroatoms. The summed E-state index contributed by atoms with van der Waals surface area (Å²) in [6, 6.07) is 11.7. The Balaban J connectivity index is 1.46. The van der Waals surface area contributed by atoms with Gasteiger partial charge in [-0.05, 0) is 31.9 Å². The van der Waals surface area contributed by atoms with Crippen LogP contribution in [0.1, 0.15) is 37.9 Å². The van der Waals surface area contributed by atoms with Crippen LogP contribution in [0.5, 0.6) is 11.5 Å². The Morgan fingerprint density at radius 3 is 2.42 bits per heavy atom. The first-order valence-corrected chi connectivity index (χ1v) is 12.3. The molecule has 2 aromatic rings. The molecule has 2 aliphatic rings. The van der Waals surface area contributed by atoms with Gasteiger partial charge in [0.2, 0.25) is 16.1 Å². The van der Waals surface area contributed by atoms with Crippen LogP contribution in [0.2, 0.25) is 0 Å². The maximum atomic E-state index is 12.9. The predicted octanol–water partition coefficient (Wildman–Crippen LogP) is 2.08. The van der Waals surface area contributed by atoms with Crippen molar-refractivity contribution < 1.29 is 32.2 Å². The third-order valence-electron chi connectivity index (χ3n) is 5.21. The average molecular weight is 475 g/mol. The Labute approximate surface area is 192 Å². The number of carbonyl (C=O) groups excluding carboxylic acids is 2. The predicted molar refractivity (Wildman–Crippen MR) is 118 cm³/mol. The molecule has 0 saturated heterocycles. The van der Waals surface area contributed by atoms with Gasteiger partial charge >= 0.3 is 5.97 Å². The Morgan fingerprint density at radius 1 is 1.03 bits per heavy atom. The van der Waals surface area contributed by atoms with Gasteiger partial charge in [-0.2, -0.15) is 4.72 Å². The van der Waals surface area contributed by atoms with Crippen LogP contribution in [-0.2, 0) is 24.3 Å². The first-order chi connectivity index (χ1) is 15.8.